The monoisotopic (exact) mass is 512 g/mol. The lowest BCUT2D eigenvalue weighted by atomic mass is 9.93. The molecule has 0 radical (unpaired) electrons. The summed E-state index contributed by atoms with van der Waals surface area (Å²) in [6.07, 6.45) is 5.90. The molecule has 1 heterocycles. The van der Waals surface area contributed by atoms with E-state index in [0.29, 0.717) is 18.1 Å². The number of rotatable bonds is 12. The Morgan fingerprint density at radius 1 is 1.14 bits per heavy atom. The molecule has 1 aliphatic heterocycles. The Balaban J connectivity index is 0.00000729. The first kappa shape index (κ1) is 27.9. The van der Waals surface area contributed by atoms with Crippen molar-refractivity contribution < 1.29 is 9.47 Å². The van der Waals surface area contributed by atoms with Crippen LogP contribution in [0.1, 0.15) is 52.9 Å². The van der Waals surface area contributed by atoms with Gasteiger partial charge in [-0.2, -0.15) is 0 Å². The van der Waals surface area contributed by atoms with Crippen LogP contribution < -0.4 is 5.32 Å². The highest BCUT2D eigenvalue weighted by Crippen LogP contribution is 2.18. The molecule has 1 fully saturated rings. The minimum absolute atomic E-state index is 0. The third-order valence-corrected chi connectivity index (χ3v) is 5.61. The van der Waals surface area contributed by atoms with Gasteiger partial charge in [0, 0.05) is 46.0 Å². The summed E-state index contributed by atoms with van der Waals surface area (Å²) in [5.74, 6) is 1.76. The summed E-state index contributed by atoms with van der Waals surface area (Å²) >= 11 is 0. The van der Waals surface area contributed by atoms with E-state index in [1.54, 1.807) is 7.11 Å². The van der Waals surface area contributed by atoms with Crippen LogP contribution in [-0.4, -0.2) is 88.5 Å². The zero-order chi connectivity index (χ0) is 20.1. The second-order valence-corrected chi connectivity index (χ2v) is 7.71. The van der Waals surface area contributed by atoms with E-state index in [1.165, 1.54) is 12.8 Å². The molecule has 1 atom stereocenters. The van der Waals surface area contributed by atoms with E-state index in [-0.39, 0.29) is 24.0 Å². The Morgan fingerprint density at radius 2 is 1.79 bits per heavy atom. The van der Waals surface area contributed by atoms with Gasteiger partial charge < -0.3 is 24.6 Å². The number of methoxy groups -OCH3 is 1. The van der Waals surface area contributed by atoms with E-state index in [1.807, 2.05) is 0 Å². The second kappa shape index (κ2) is 16.7. The molecule has 0 saturated carbocycles. The number of likely N-dealkylation sites (N-methyl/N-ethyl adjacent to an activating group) is 1. The number of piperidine rings is 1. The van der Waals surface area contributed by atoms with Crippen LogP contribution >= 0.6 is 24.0 Å². The van der Waals surface area contributed by atoms with Crippen LogP contribution in [-0.2, 0) is 9.47 Å². The van der Waals surface area contributed by atoms with Crippen LogP contribution in [0.4, 0.5) is 0 Å². The molecule has 0 aromatic carbocycles. The van der Waals surface area contributed by atoms with Crippen LogP contribution in [0.25, 0.3) is 0 Å². The number of ether oxygens (including phenoxy) is 2. The highest BCUT2D eigenvalue weighted by molar-refractivity contribution is 14.0. The predicted octanol–water partition coefficient (Wildman–Crippen LogP) is 3.45. The fourth-order valence-electron chi connectivity index (χ4n) is 3.86. The first-order valence-electron chi connectivity index (χ1n) is 10.9. The molecule has 1 aliphatic rings. The van der Waals surface area contributed by atoms with Gasteiger partial charge in [0.05, 0.1) is 12.6 Å². The van der Waals surface area contributed by atoms with Crippen LogP contribution in [0, 0.1) is 5.92 Å². The average Bonchev–Trinajstić information content (AvgIpc) is 2.68. The topological polar surface area (TPSA) is 49.3 Å². The molecule has 0 aromatic heterocycles. The third kappa shape index (κ3) is 10.1. The van der Waals surface area contributed by atoms with E-state index in [0.717, 1.165) is 64.6 Å². The van der Waals surface area contributed by atoms with Crippen LogP contribution in [0.15, 0.2) is 4.99 Å². The fourth-order valence-corrected chi connectivity index (χ4v) is 3.86. The van der Waals surface area contributed by atoms with Crippen LogP contribution in [0.5, 0.6) is 0 Å². The molecule has 1 N–H and O–H groups in total. The Morgan fingerprint density at radius 3 is 2.29 bits per heavy atom. The predicted molar refractivity (Wildman–Crippen MR) is 130 cm³/mol. The molecule has 168 valence electrons. The maximum absolute atomic E-state index is 5.99. The zero-order valence-corrected chi connectivity index (χ0v) is 21.4. The van der Waals surface area contributed by atoms with Gasteiger partial charge in [-0.1, -0.05) is 26.7 Å². The van der Waals surface area contributed by atoms with E-state index < -0.39 is 0 Å². The molecule has 0 spiro atoms. The number of hydrogen-bond acceptors (Lipinski definition) is 4. The lowest BCUT2D eigenvalue weighted by molar-refractivity contribution is 0.00988. The summed E-state index contributed by atoms with van der Waals surface area (Å²) in [4.78, 5) is 9.76. The molecule has 0 aromatic rings. The number of aliphatic imine (C=N–C) groups is 1. The Kier molecular flexibility index (Phi) is 16.6. The van der Waals surface area contributed by atoms with Gasteiger partial charge in [-0.15, -0.1) is 24.0 Å². The molecular weight excluding hydrogens is 467 g/mol. The number of guanidine groups is 1. The molecule has 7 heteroatoms. The average molecular weight is 513 g/mol. The van der Waals surface area contributed by atoms with Crippen molar-refractivity contribution in [1.82, 2.24) is 15.1 Å². The number of halogens is 1. The Hall–Kier alpha value is -0.120. The minimum atomic E-state index is 0. The van der Waals surface area contributed by atoms with Gasteiger partial charge >= 0.3 is 0 Å². The quantitative estimate of drug-likeness (QED) is 0.188. The maximum atomic E-state index is 5.99. The molecular formula is C21H45IN4O2. The summed E-state index contributed by atoms with van der Waals surface area (Å²) in [6, 6.07) is 0.496. The molecule has 28 heavy (non-hydrogen) atoms. The number of nitrogens with one attached hydrogen (secondary N) is 1. The van der Waals surface area contributed by atoms with E-state index >= 15 is 0 Å². The first-order chi connectivity index (χ1) is 13.1. The summed E-state index contributed by atoms with van der Waals surface area (Å²) < 4.78 is 11.1. The third-order valence-electron chi connectivity index (χ3n) is 5.61. The van der Waals surface area contributed by atoms with Crippen LogP contribution in [0.2, 0.25) is 0 Å². The molecule has 1 saturated heterocycles. The highest BCUT2D eigenvalue weighted by atomic mass is 127. The number of hydrogen-bond donors (Lipinski definition) is 1. The molecule has 1 rings (SSSR count). The van der Waals surface area contributed by atoms with Crippen molar-refractivity contribution in [2.45, 2.75) is 65.0 Å². The fraction of sp³-hybridized carbons (Fsp3) is 0.952. The van der Waals surface area contributed by atoms with Crippen molar-refractivity contribution in [1.29, 1.82) is 0 Å². The Labute approximate surface area is 190 Å². The van der Waals surface area contributed by atoms with Gasteiger partial charge in [-0.25, -0.2) is 0 Å². The number of likely N-dealkylation sites (tertiary alicyclic amines) is 1. The summed E-state index contributed by atoms with van der Waals surface area (Å²) in [5, 5.41) is 3.50. The van der Waals surface area contributed by atoms with Crippen molar-refractivity contribution in [3.8, 4) is 0 Å². The second-order valence-electron chi connectivity index (χ2n) is 7.71. The van der Waals surface area contributed by atoms with Gasteiger partial charge in [0.2, 0.25) is 0 Å². The van der Waals surface area contributed by atoms with Gasteiger partial charge in [0.15, 0.2) is 5.96 Å². The van der Waals surface area contributed by atoms with Gasteiger partial charge in [0.1, 0.15) is 0 Å². The smallest absolute Gasteiger partial charge is 0.193 e. The summed E-state index contributed by atoms with van der Waals surface area (Å²) in [6.45, 7) is 12.1. The lowest BCUT2D eigenvalue weighted by Crippen LogP contribution is -2.48. The van der Waals surface area contributed by atoms with Crippen molar-refractivity contribution in [3.63, 3.8) is 0 Å². The molecule has 1 unspecified atom stereocenters. The Bertz CT molecular complexity index is 398. The summed E-state index contributed by atoms with van der Waals surface area (Å²) in [7, 11) is 6.10. The molecule has 0 aliphatic carbocycles. The van der Waals surface area contributed by atoms with E-state index in [2.05, 4.69) is 50.0 Å². The van der Waals surface area contributed by atoms with Gasteiger partial charge in [-0.05, 0) is 46.2 Å². The number of nitrogens with zero attached hydrogens (tertiary/aromatic N) is 3. The lowest BCUT2D eigenvalue weighted by Gasteiger charge is -2.35. The van der Waals surface area contributed by atoms with Gasteiger partial charge in [-0.3, -0.25) is 4.99 Å². The van der Waals surface area contributed by atoms with Crippen molar-refractivity contribution in [2.75, 3.05) is 60.6 Å². The van der Waals surface area contributed by atoms with E-state index in [4.69, 9.17) is 14.5 Å². The first-order valence-corrected chi connectivity index (χ1v) is 10.9. The SMILES string of the molecule is CCNC(=NCC(C(CC)CC)N(C)C)N1CCC(OCCCOC)CC1.I. The van der Waals surface area contributed by atoms with Crippen molar-refractivity contribution in [3.05, 3.63) is 0 Å². The molecule has 0 amide bonds. The zero-order valence-electron chi connectivity index (χ0n) is 19.1. The minimum Gasteiger partial charge on any atom is -0.385 e. The summed E-state index contributed by atoms with van der Waals surface area (Å²) in [5.41, 5.74) is 0. The van der Waals surface area contributed by atoms with Crippen molar-refractivity contribution in [2.24, 2.45) is 10.9 Å². The normalized spacial score (nSPS) is 17.1. The standard InChI is InChI=1S/C21H44N4O2.HI/c1-7-18(8-2)20(24(4)5)17-23-21(22-9-3)25-13-11-19(12-14-25)27-16-10-15-26-6;/h18-20H,7-17H2,1-6H3,(H,22,23);1H. The van der Waals surface area contributed by atoms with E-state index in [9.17, 15) is 0 Å². The molecule has 6 nitrogen and oxygen atoms in total. The van der Waals surface area contributed by atoms with Crippen molar-refractivity contribution >= 4 is 29.9 Å². The highest BCUT2D eigenvalue weighted by Gasteiger charge is 2.24. The molecule has 0 bridgehead atoms. The maximum Gasteiger partial charge on any atom is 0.193 e. The van der Waals surface area contributed by atoms with Gasteiger partial charge in [0.25, 0.3) is 0 Å². The largest absolute Gasteiger partial charge is 0.385 e. The van der Waals surface area contributed by atoms with Crippen LogP contribution in [0.3, 0.4) is 0 Å².